The van der Waals surface area contributed by atoms with Crippen LogP contribution in [0.15, 0.2) is 0 Å². The van der Waals surface area contributed by atoms with Gasteiger partial charge in [0, 0.05) is 0 Å². The monoisotopic (exact) mass is 168 g/mol. The molecular formula is C6H12N6. The third-order valence-corrected chi connectivity index (χ3v) is 2.41. The van der Waals surface area contributed by atoms with E-state index in [0.29, 0.717) is 5.82 Å². The Labute approximate surface area is 69.7 Å². The summed E-state index contributed by atoms with van der Waals surface area (Å²) in [5.74, 6) is 6.38. The summed E-state index contributed by atoms with van der Waals surface area (Å²) in [5.41, 5.74) is 11.0. The van der Waals surface area contributed by atoms with Crippen LogP contribution in [0.25, 0.3) is 0 Å². The average molecular weight is 168 g/mol. The van der Waals surface area contributed by atoms with Crippen molar-refractivity contribution in [3.8, 4) is 0 Å². The fraction of sp³-hybridized carbons (Fsp3) is 0.667. The van der Waals surface area contributed by atoms with Crippen LogP contribution in [0.2, 0.25) is 0 Å². The predicted octanol–water partition coefficient (Wildman–Crippen LogP) is -1.09. The van der Waals surface area contributed by atoms with E-state index in [1.165, 1.54) is 4.68 Å². The maximum Gasteiger partial charge on any atom is 0.240 e. The van der Waals surface area contributed by atoms with Crippen LogP contribution in [0.5, 0.6) is 0 Å². The average Bonchev–Trinajstić information content (AvgIpc) is 2.29. The van der Waals surface area contributed by atoms with Crippen molar-refractivity contribution in [3.63, 3.8) is 0 Å². The Kier molecular flexibility index (Phi) is 1.29. The molecule has 1 fully saturated rings. The standard InChI is InChI=1S/C6H12N6/c7-5-11-10-4(12(5)9)6(8)2-1-3-6/h1-3,8-9H2,(H2,7,11). The predicted molar refractivity (Wildman–Crippen MR) is 44.3 cm³/mol. The second-order valence-electron chi connectivity index (χ2n) is 3.26. The van der Waals surface area contributed by atoms with E-state index in [4.69, 9.17) is 17.3 Å². The Morgan fingerprint density at radius 1 is 1.33 bits per heavy atom. The summed E-state index contributed by atoms with van der Waals surface area (Å²) in [6, 6.07) is 0. The number of hydrogen-bond donors (Lipinski definition) is 3. The molecule has 0 aliphatic heterocycles. The van der Waals surface area contributed by atoms with Crippen molar-refractivity contribution in [2.75, 3.05) is 11.6 Å². The molecule has 66 valence electrons. The highest BCUT2D eigenvalue weighted by Gasteiger charge is 2.39. The van der Waals surface area contributed by atoms with Crippen molar-refractivity contribution < 1.29 is 0 Å². The zero-order chi connectivity index (χ0) is 8.77. The maximum atomic E-state index is 5.98. The minimum atomic E-state index is -0.390. The summed E-state index contributed by atoms with van der Waals surface area (Å²) in [5, 5.41) is 7.50. The van der Waals surface area contributed by atoms with Crippen molar-refractivity contribution in [1.29, 1.82) is 0 Å². The molecule has 0 bridgehead atoms. The van der Waals surface area contributed by atoms with Gasteiger partial charge in [-0.3, -0.25) is 0 Å². The first-order valence-corrected chi connectivity index (χ1v) is 3.89. The SMILES string of the molecule is Nc1nnc(C2(N)CCC2)n1N. The van der Waals surface area contributed by atoms with Crippen LogP contribution in [0.4, 0.5) is 5.95 Å². The maximum absolute atomic E-state index is 5.98. The Bertz CT molecular complexity index is 299. The molecule has 0 aromatic carbocycles. The van der Waals surface area contributed by atoms with E-state index >= 15 is 0 Å². The van der Waals surface area contributed by atoms with Gasteiger partial charge in [-0.25, -0.2) is 4.68 Å². The summed E-state index contributed by atoms with van der Waals surface area (Å²) in [6.45, 7) is 0. The van der Waals surface area contributed by atoms with Crippen LogP contribution in [-0.2, 0) is 5.54 Å². The number of nitrogens with zero attached hydrogens (tertiary/aromatic N) is 3. The molecular weight excluding hydrogens is 156 g/mol. The quantitative estimate of drug-likeness (QED) is 0.462. The van der Waals surface area contributed by atoms with E-state index in [1.807, 2.05) is 0 Å². The Hall–Kier alpha value is -1.30. The fourth-order valence-electron chi connectivity index (χ4n) is 1.42. The molecule has 2 rings (SSSR count). The molecule has 0 amide bonds. The summed E-state index contributed by atoms with van der Waals surface area (Å²) in [7, 11) is 0. The number of anilines is 1. The molecule has 1 aromatic heterocycles. The van der Waals surface area contributed by atoms with Crippen molar-refractivity contribution >= 4 is 5.95 Å². The van der Waals surface area contributed by atoms with Crippen molar-refractivity contribution in [2.45, 2.75) is 24.8 Å². The Morgan fingerprint density at radius 2 is 2.00 bits per heavy atom. The lowest BCUT2D eigenvalue weighted by Crippen LogP contribution is -2.46. The molecule has 1 saturated carbocycles. The molecule has 1 aromatic rings. The fourth-order valence-corrected chi connectivity index (χ4v) is 1.42. The van der Waals surface area contributed by atoms with Crippen LogP contribution >= 0.6 is 0 Å². The topological polar surface area (TPSA) is 109 Å². The highest BCUT2D eigenvalue weighted by molar-refractivity contribution is 5.22. The van der Waals surface area contributed by atoms with Gasteiger partial charge >= 0.3 is 0 Å². The molecule has 0 spiro atoms. The van der Waals surface area contributed by atoms with Crippen LogP contribution < -0.4 is 17.3 Å². The third-order valence-electron chi connectivity index (χ3n) is 2.41. The van der Waals surface area contributed by atoms with E-state index < -0.39 is 0 Å². The number of nitrogen functional groups attached to an aromatic ring is 2. The normalized spacial score (nSPS) is 20.4. The summed E-state index contributed by atoms with van der Waals surface area (Å²) < 4.78 is 1.26. The second-order valence-corrected chi connectivity index (χ2v) is 3.26. The molecule has 6 heteroatoms. The molecule has 6 nitrogen and oxygen atoms in total. The zero-order valence-electron chi connectivity index (χ0n) is 6.70. The van der Waals surface area contributed by atoms with E-state index in [-0.39, 0.29) is 11.5 Å². The van der Waals surface area contributed by atoms with Gasteiger partial charge in [0.25, 0.3) is 0 Å². The van der Waals surface area contributed by atoms with Crippen LogP contribution in [0.1, 0.15) is 25.1 Å². The van der Waals surface area contributed by atoms with Crippen molar-refractivity contribution in [2.24, 2.45) is 5.73 Å². The number of rotatable bonds is 1. The minimum Gasteiger partial charge on any atom is -0.366 e. The Balaban J connectivity index is 2.39. The zero-order valence-corrected chi connectivity index (χ0v) is 6.70. The van der Waals surface area contributed by atoms with Gasteiger partial charge in [-0.2, -0.15) is 0 Å². The molecule has 0 atom stereocenters. The van der Waals surface area contributed by atoms with Gasteiger partial charge in [-0.1, -0.05) is 0 Å². The van der Waals surface area contributed by atoms with Gasteiger partial charge in [-0.15, -0.1) is 10.2 Å². The van der Waals surface area contributed by atoms with Gasteiger partial charge < -0.3 is 17.3 Å². The molecule has 12 heavy (non-hydrogen) atoms. The minimum absolute atomic E-state index is 0.210. The van der Waals surface area contributed by atoms with E-state index in [1.54, 1.807) is 0 Å². The lowest BCUT2D eigenvalue weighted by molar-refractivity contribution is 0.234. The van der Waals surface area contributed by atoms with Crippen molar-refractivity contribution in [3.05, 3.63) is 5.82 Å². The molecule has 0 radical (unpaired) electrons. The number of aromatic nitrogens is 3. The van der Waals surface area contributed by atoms with Crippen LogP contribution in [0.3, 0.4) is 0 Å². The van der Waals surface area contributed by atoms with Crippen LogP contribution in [0, 0.1) is 0 Å². The van der Waals surface area contributed by atoms with E-state index in [2.05, 4.69) is 10.2 Å². The van der Waals surface area contributed by atoms with E-state index in [0.717, 1.165) is 19.3 Å². The van der Waals surface area contributed by atoms with Crippen molar-refractivity contribution in [1.82, 2.24) is 14.9 Å². The summed E-state index contributed by atoms with van der Waals surface area (Å²) in [4.78, 5) is 0. The summed E-state index contributed by atoms with van der Waals surface area (Å²) in [6.07, 6.45) is 2.92. The molecule has 1 aliphatic rings. The molecule has 1 aliphatic carbocycles. The highest BCUT2D eigenvalue weighted by atomic mass is 15.5. The highest BCUT2D eigenvalue weighted by Crippen LogP contribution is 2.37. The molecule has 1 heterocycles. The first kappa shape index (κ1) is 7.35. The third kappa shape index (κ3) is 0.781. The van der Waals surface area contributed by atoms with E-state index in [9.17, 15) is 0 Å². The molecule has 0 unspecified atom stereocenters. The van der Waals surface area contributed by atoms with Gasteiger partial charge in [-0.05, 0) is 19.3 Å². The lowest BCUT2D eigenvalue weighted by Gasteiger charge is -2.36. The number of hydrogen-bond acceptors (Lipinski definition) is 5. The second kappa shape index (κ2) is 2.10. The van der Waals surface area contributed by atoms with Crippen LogP contribution in [-0.4, -0.2) is 14.9 Å². The Morgan fingerprint density at radius 3 is 2.33 bits per heavy atom. The number of nitrogens with two attached hydrogens (primary N) is 3. The van der Waals surface area contributed by atoms with Gasteiger partial charge in [0.2, 0.25) is 5.95 Å². The summed E-state index contributed by atoms with van der Waals surface area (Å²) >= 11 is 0. The van der Waals surface area contributed by atoms with Gasteiger partial charge in [0.15, 0.2) is 5.82 Å². The first-order valence-electron chi connectivity index (χ1n) is 3.89. The lowest BCUT2D eigenvalue weighted by atomic mass is 9.77. The molecule has 0 saturated heterocycles. The molecule has 6 N–H and O–H groups in total. The van der Waals surface area contributed by atoms with Gasteiger partial charge in [0.05, 0.1) is 5.54 Å². The first-order chi connectivity index (χ1) is 5.63. The largest absolute Gasteiger partial charge is 0.366 e. The van der Waals surface area contributed by atoms with Gasteiger partial charge in [0.1, 0.15) is 0 Å². The smallest absolute Gasteiger partial charge is 0.240 e.